The molecular weight excluding hydrogens is 228 g/mol. The fraction of sp³-hybridized carbons (Fsp3) is 0.929. The van der Waals surface area contributed by atoms with Crippen molar-refractivity contribution in [2.45, 2.75) is 71.3 Å². The maximum atomic E-state index is 12.5. The van der Waals surface area contributed by atoms with Gasteiger partial charge in [0, 0.05) is 6.61 Å². The third-order valence-electron chi connectivity index (χ3n) is 4.22. The second kappa shape index (κ2) is 5.57. The Balaban J connectivity index is 2.11. The van der Waals surface area contributed by atoms with Crippen LogP contribution in [0.25, 0.3) is 0 Å². The van der Waals surface area contributed by atoms with Gasteiger partial charge in [-0.3, -0.25) is 10.1 Å². The minimum Gasteiger partial charge on any atom is -0.376 e. The number of amides is 1. The Hall–Kier alpha value is -0.610. The number of nitrogens with zero attached hydrogens (tertiary/aromatic N) is 1. The second-order valence-electron chi connectivity index (χ2n) is 5.85. The molecule has 1 N–H and O–H groups in total. The lowest BCUT2D eigenvalue weighted by Gasteiger charge is -2.33. The van der Waals surface area contributed by atoms with E-state index < -0.39 is 0 Å². The highest BCUT2D eigenvalue weighted by Gasteiger charge is 2.44. The van der Waals surface area contributed by atoms with Crippen LogP contribution in [0.4, 0.5) is 0 Å². The number of carbonyl (C=O) groups excluding carboxylic acids is 1. The van der Waals surface area contributed by atoms with Crippen LogP contribution in [0.2, 0.25) is 0 Å². The Morgan fingerprint density at radius 3 is 2.67 bits per heavy atom. The van der Waals surface area contributed by atoms with Crippen molar-refractivity contribution in [2.24, 2.45) is 5.92 Å². The first-order chi connectivity index (χ1) is 8.56. The average molecular weight is 254 g/mol. The van der Waals surface area contributed by atoms with Crippen LogP contribution in [0.5, 0.6) is 0 Å². The first-order valence-corrected chi connectivity index (χ1v) is 7.26. The monoisotopic (exact) mass is 254 g/mol. The zero-order valence-corrected chi connectivity index (χ0v) is 12.0. The second-order valence-corrected chi connectivity index (χ2v) is 5.85. The van der Waals surface area contributed by atoms with E-state index in [0.717, 1.165) is 25.9 Å². The third kappa shape index (κ3) is 2.41. The van der Waals surface area contributed by atoms with Crippen LogP contribution in [-0.4, -0.2) is 41.8 Å². The molecule has 0 aliphatic carbocycles. The van der Waals surface area contributed by atoms with Crippen LogP contribution in [0, 0.1) is 5.92 Å². The van der Waals surface area contributed by atoms with Gasteiger partial charge >= 0.3 is 0 Å². The van der Waals surface area contributed by atoms with E-state index in [2.05, 4.69) is 33.0 Å². The highest BCUT2D eigenvalue weighted by molar-refractivity contribution is 5.85. The lowest BCUT2D eigenvalue weighted by Crippen LogP contribution is -2.48. The quantitative estimate of drug-likeness (QED) is 0.831. The van der Waals surface area contributed by atoms with Crippen LogP contribution < -0.4 is 5.32 Å². The van der Waals surface area contributed by atoms with Gasteiger partial charge in [-0.2, -0.15) is 0 Å². The lowest BCUT2D eigenvalue weighted by atomic mass is 10.0. The minimum absolute atomic E-state index is 0.0289. The van der Waals surface area contributed by atoms with Crippen LogP contribution >= 0.6 is 0 Å². The van der Waals surface area contributed by atoms with Gasteiger partial charge in [0.25, 0.3) is 0 Å². The summed E-state index contributed by atoms with van der Waals surface area (Å²) in [6, 6.07) is 0.153. The molecule has 0 spiro atoms. The van der Waals surface area contributed by atoms with E-state index in [-0.39, 0.29) is 30.3 Å². The van der Waals surface area contributed by atoms with Crippen molar-refractivity contribution in [3.63, 3.8) is 0 Å². The van der Waals surface area contributed by atoms with Crippen LogP contribution in [0.1, 0.15) is 47.0 Å². The number of nitrogens with one attached hydrogen (secondary N) is 1. The highest BCUT2D eigenvalue weighted by Crippen LogP contribution is 2.26. The Bertz CT molecular complexity index is 300. The summed E-state index contributed by atoms with van der Waals surface area (Å²) in [5, 5.41) is 3.47. The van der Waals surface area contributed by atoms with Gasteiger partial charge in [-0.1, -0.05) is 20.8 Å². The molecule has 0 bridgehead atoms. The van der Waals surface area contributed by atoms with Gasteiger partial charge in [0.05, 0.1) is 24.4 Å². The SMILES string of the molecule is CCC1NC(C(C)C)C(=O)N1C(C)C1CCCO1. The Morgan fingerprint density at radius 2 is 2.17 bits per heavy atom. The van der Waals surface area contributed by atoms with Gasteiger partial charge in [-0.15, -0.1) is 0 Å². The van der Waals surface area contributed by atoms with Crippen molar-refractivity contribution in [3.8, 4) is 0 Å². The molecule has 4 atom stereocenters. The molecule has 0 radical (unpaired) electrons. The first-order valence-electron chi connectivity index (χ1n) is 7.26. The fourth-order valence-electron chi connectivity index (χ4n) is 3.11. The molecule has 2 saturated heterocycles. The van der Waals surface area contributed by atoms with Crippen molar-refractivity contribution in [1.29, 1.82) is 0 Å². The largest absolute Gasteiger partial charge is 0.376 e. The highest BCUT2D eigenvalue weighted by atomic mass is 16.5. The molecule has 18 heavy (non-hydrogen) atoms. The summed E-state index contributed by atoms with van der Waals surface area (Å²) in [4.78, 5) is 14.6. The molecule has 4 unspecified atom stereocenters. The number of rotatable bonds is 4. The predicted octanol–water partition coefficient (Wildman–Crippen LogP) is 1.75. The van der Waals surface area contributed by atoms with E-state index in [1.807, 2.05) is 4.90 Å². The average Bonchev–Trinajstić information content (AvgIpc) is 2.95. The number of carbonyl (C=O) groups is 1. The minimum atomic E-state index is -0.0289. The lowest BCUT2D eigenvalue weighted by molar-refractivity contribution is -0.135. The summed E-state index contributed by atoms with van der Waals surface area (Å²) in [6.45, 7) is 9.30. The first kappa shape index (κ1) is 13.8. The van der Waals surface area contributed by atoms with Crippen molar-refractivity contribution in [3.05, 3.63) is 0 Å². The molecule has 0 aromatic rings. The van der Waals surface area contributed by atoms with Crippen LogP contribution in [0.3, 0.4) is 0 Å². The zero-order valence-electron chi connectivity index (χ0n) is 12.0. The van der Waals surface area contributed by atoms with Crippen molar-refractivity contribution in [2.75, 3.05) is 6.61 Å². The molecule has 0 aromatic heterocycles. The van der Waals surface area contributed by atoms with Crippen molar-refractivity contribution in [1.82, 2.24) is 10.2 Å². The topological polar surface area (TPSA) is 41.6 Å². The Morgan fingerprint density at radius 1 is 1.44 bits per heavy atom. The Labute approximate surface area is 110 Å². The molecule has 4 nitrogen and oxygen atoms in total. The van der Waals surface area contributed by atoms with Gasteiger partial charge in [0.15, 0.2) is 0 Å². The molecule has 2 aliphatic heterocycles. The van der Waals surface area contributed by atoms with E-state index in [1.54, 1.807) is 0 Å². The van der Waals surface area contributed by atoms with E-state index in [1.165, 1.54) is 0 Å². The summed E-state index contributed by atoms with van der Waals surface area (Å²) in [5.74, 6) is 0.591. The summed E-state index contributed by atoms with van der Waals surface area (Å²) in [6.07, 6.45) is 3.54. The van der Waals surface area contributed by atoms with Gasteiger partial charge < -0.3 is 9.64 Å². The van der Waals surface area contributed by atoms with Gasteiger partial charge in [-0.05, 0) is 32.1 Å². The van der Waals surface area contributed by atoms with Crippen molar-refractivity contribution < 1.29 is 9.53 Å². The molecule has 1 amide bonds. The molecule has 2 rings (SSSR count). The van der Waals surface area contributed by atoms with Gasteiger partial charge in [0.2, 0.25) is 5.91 Å². The molecule has 2 heterocycles. The molecule has 2 aliphatic rings. The maximum Gasteiger partial charge on any atom is 0.241 e. The van der Waals surface area contributed by atoms with Crippen LogP contribution in [0.15, 0.2) is 0 Å². The number of hydrogen-bond acceptors (Lipinski definition) is 3. The summed E-state index contributed by atoms with van der Waals surface area (Å²) in [7, 11) is 0. The number of hydrogen-bond donors (Lipinski definition) is 1. The molecule has 0 aromatic carbocycles. The standard InChI is InChI=1S/C14H26N2O2/c1-5-12-15-13(9(2)3)14(17)16(12)10(4)11-7-6-8-18-11/h9-13,15H,5-8H2,1-4H3. The fourth-order valence-corrected chi connectivity index (χ4v) is 3.11. The molecule has 104 valence electrons. The molecular formula is C14H26N2O2. The normalized spacial score (nSPS) is 34.6. The summed E-state index contributed by atoms with van der Waals surface area (Å²) in [5.41, 5.74) is 0. The van der Waals surface area contributed by atoms with E-state index in [0.29, 0.717) is 5.92 Å². The van der Waals surface area contributed by atoms with Crippen LogP contribution in [-0.2, 0) is 9.53 Å². The van der Waals surface area contributed by atoms with Crippen molar-refractivity contribution >= 4 is 5.91 Å². The third-order valence-corrected chi connectivity index (χ3v) is 4.22. The maximum absolute atomic E-state index is 12.5. The molecule has 0 saturated carbocycles. The van der Waals surface area contributed by atoms with E-state index >= 15 is 0 Å². The zero-order chi connectivity index (χ0) is 13.3. The predicted molar refractivity (Wildman–Crippen MR) is 71.1 cm³/mol. The van der Waals surface area contributed by atoms with Gasteiger partial charge in [0.1, 0.15) is 0 Å². The van der Waals surface area contributed by atoms with E-state index in [4.69, 9.17) is 4.74 Å². The van der Waals surface area contributed by atoms with Gasteiger partial charge in [-0.25, -0.2) is 0 Å². The Kier molecular flexibility index (Phi) is 4.28. The summed E-state index contributed by atoms with van der Waals surface area (Å²) < 4.78 is 5.74. The number of ether oxygens (including phenoxy) is 1. The smallest absolute Gasteiger partial charge is 0.241 e. The molecule has 4 heteroatoms. The summed E-state index contributed by atoms with van der Waals surface area (Å²) >= 11 is 0. The molecule has 2 fully saturated rings. The van der Waals surface area contributed by atoms with E-state index in [9.17, 15) is 4.79 Å².